The van der Waals surface area contributed by atoms with E-state index in [9.17, 15) is 13.2 Å². The maximum absolute atomic E-state index is 12.0. The van der Waals surface area contributed by atoms with Crippen molar-refractivity contribution in [2.45, 2.75) is 11.4 Å². The smallest absolute Gasteiger partial charge is 0.337 e. The highest BCUT2D eigenvalue weighted by Gasteiger charge is 2.15. The van der Waals surface area contributed by atoms with Crippen LogP contribution in [-0.4, -0.2) is 31.0 Å². The zero-order chi connectivity index (χ0) is 15.3. The van der Waals surface area contributed by atoms with Gasteiger partial charge in [0.05, 0.1) is 5.56 Å². The van der Waals surface area contributed by atoms with Gasteiger partial charge in [0.1, 0.15) is 0 Å². The second-order valence-electron chi connectivity index (χ2n) is 4.32. The Kier molecular flexibility index (Phi) is 4.66. The predicted octanol–water partition coefficient (Wildman–Crippen LogP) is 1.30. The molecule has 0 radical (unpaired) electrons. The number of benzene rings is 1. The van der Waals surface area contributed by atoms with E-state index in [1.807, 2.05) is 30.3 Å². The van der Waals surface area contributed by atoms with Crippen LogP contribution in [0.1, 0.15) is 15.9 Å². The van der Waals surface area contributed by atoms with E-state index in [0.717, 1.165) is 11.8 Å². The molecule has 2 N–H and O–H groups in total. The minimum atomic E-state index is -3.73. The molecule has 21 heavy (non-hydrogen) atoms. The maximum atomic E-state index is 12.0. The number of sulfonamides is 1. The molecule has 2 aromatic rings. The molecule has 7 heteroatoms. The molecule has 110 valence electrons. The van der Waals surface area contributed by atoms with E-state index in [2.05, 4.69) is 9.71 Å². The topological polar surface area (TPSA) is 96.4 Å². The zero-order valence-electron chi connectivity index (χ0n) is 11.1. The number of hydrogen-bond acceptors (Lipinski definition) is 4. The van der Waals surface area contributed by atoms with Crippen LogP contribution in [-0.2, 0) is 16.4 Å². The van der Waals surface area contributed by atoms with Crippen LogP contribution >= 0.6 is 0 Å². The molecule has 1 aromatic heterocycles. The number of hydrogen-bond donors (Lipinski definition) is 2. The van der Waals surface area contributed by atoms with Crippen LogP contribution in [0.3, 0.4) is 0 Å². The number of nitrogens with one attached hydrogen (secondary N) is 1. The molecule has 0 atom stereocenters. The first kappa shape index (κ1) is 15.1. The molecule has 0 spiro atoms. The van der Waals surface area contributed by atoms with Gasteiger partial charge in [-0.25, -0.2) is 22.9 Å². The molecule has 0 saturated heterocycles. The van der Waals surface area contributed by atoms with Crippen LogP contribution < -0.4 is 4.72 Å². The van der Waals surface area contributed by atoms with Crippen molar-refractivity contribution in [1.82, 2.24) is 9.71 Å². The third-order valence-electron chi connectivity index (χ3n) is 2.81. The highest BCUT2D eigenvalue weighted by Crippen LogP contribution is 2.07. The first-order valence-corrected chi connectivity index (χ1v) is 7.70. The van der Waals surface area contributed by atoms with Gasteiger partial charge < -0.3 is 5.11 Å². The van der Waals surface area contributed by atoms with Gasteiger partial charge in [0, 0.05) is 12.7 Å². The second kappa shape index (κ2) is 6.47. The van der Waals surface area contributed by atoms with Crippen molar-refractivity contribution < 1.29 is 18.3 Å². The van der Waals surface area contributed by atoms with Gasteiger partial charge in [0.2, 0.25) is 0 Å². The van der Waals surface area contributed by atoms with Crippen LogP contribution in [0.5, 0.6) is 0 Å². The van der Waals surface area contributed by atoms with Crippen molar-refractivity contribution in [1.29, 1.82) is 0 Å². The van der Waals surface area contributed by atoms with Gasteiger partial charge in [-0.15, -0.1) is 0 Å². The summed E-state index contributed by atoms with van der Waals surface area (Å²) in [4.78, 5) is 14.4. The summed E-state index contributed by atoms with van der Waals surface area (Å²) in [6.45, 7) is 0.245. The zero-order valence-corrected chi connectivity index (χ0v) is 11.9. The van der Waals surface area contributed by atoms with E-state index < -0.39 is 16.0 Å². The number of aromatic nitrogens is 1. The van der Waals surface area contributed by atoms with Crippen molar-refractivity contribution in [3.05, 3.63) is 59.8 Å². The number of aromatic carboxylic acids is 1. The largest absolute Gasteiger partial charge is 0.478 e. The highest BCUT2D eigenvalue weighted by molar-refractivity contribution is 7.89. The van der Waals surface area contributed by atoms with E-state index in [1.165, 1.54) is 12.1 Å². The Morgan fingerprint density at radius 3 is 2.43 bits per heavy atom. The average molecular weight is 306 g/mol. The van der Waals surface area contributed by atoms with Gasteiger partial charge in [-0.3, -0.25) is 0 Å². The molecule has 2 rings (SSSR count). The molecule has 0 unspecified atom stereocenters. The molecule has 1 heterocycles. The van der Waals surface area contributed by atoms with E-state index >= 15 is 0 Å². The van der Waals surface area contributed by atoms with Crippen molar-refractivity contribution in [3.8, 4) is 0 Å². The van der Waals surface area contributed by atoms with Crippen LogP contribution in [0, 0.1) is 0 Å². The van der Waals surface area contributed by atoms with E-state index in [1.54, 1.807) is 0 Å². The number of carbonyl (C=O) groups is 1. The molecule has 0 aliphatic carbocycles. The lowest BCUT2D eigenvalue weighted by Gasteiger charge is -2.06. The maximum Gasteiger partial charge on any atom is 0.337 e. The lowest BCUT2D eigenvalue weighted by atomic mass is 10.2. The third kappa shape index (κ3) is 4.11. The van der Waals surface area contributed by atoms with Crippen molar-refractivity contribution in [2.75, 3.05) is 6.54 Å². The lowest BCUT2D eigenvalue weighted by Crippen LogP contribution is -2.26. The molecule has 0 aliphatic rings. The molecular formula is C14H14N2O4S. The quantitative estimate of drug-likeness (QED) is 0.838. The van der Waals surface area contributed by atoms with Crippen LogP contribution in [0.15, 0.2) is 53.7 Å². The number of nitrogens with zero attached hydrogens (tertiary/aromatic N) is 1. The summed E-state index contributed by atoms with van der Waals surface area (Å²) in [5, 5.41) is 8.55. The summed E-state index contributed by atoms with van der Waals surface area (Å²) in [5.41, 5.74) is 0.965. The monoisotopic (exact) mass is 306 g/mol. The normalized spacial score (nSPS) is 11.2. The van der Waals surface area contributed by atoms with E-state index in [-0.39, 0.29) is 17.1 Å². The minimum absolute atomic E-state index is 0.0572. The van der Waals surface area contributed by atoms with Gasteiger partial charge in [-0.2, -0.15) is 0 Å². The molecule has 0 aliphatic heterocycles. The average Bonchev–Trinajstić information content (AvgIpc) is 2.48. The fraction of sp³-hybridized carbons (Fsp3) is 0.143. The van der Waals surface area contributed by atoms with Crippen molar-refractivity contribution >= 4 is 16.0 Å². The molecule has 6 nitrogen and oxygen atoms in total. The summed E-state index contributed by atoms with van der Waals surface area (Å²) >= 11 is 0. The Balaban J connectivity index is 2.00. The number of carboxylic acid groups (broad SMARTS) is 1. The van der Waals surface area contributed by atoms with Crippen molar-refractivity contribution in [2.24, 2.45) is 0 Å². The lowest BCUT2D eigenvalue weighted by molar-refractivity contribution is 0.0696. The van der Waals surface area contributed by atoms with E-state index in [4.69, 9.17) is 5.11 Å². The Bertz CT molecular complexity index is 712. The Labute approximate surface area is 122 Å². The van der Waals surface area contributed by atoms with Gasteiger partial charge in [0.25, 0.3) is 10.0 Å². The van der Waals surface area contributed by atoms with Gasteiger partial charge >= 0.3 is 5.97 Å². The molecule has 0 fully saturated rings. The van der Waals surface area contributed by atoms with Crippen LogP contribution in [0.25, 0.3) is 0 Å². The number of rotatable bonds is 6. The fourth-order valence-electron chi connectivity index (χ4n) is 1.71. The summed E-state index contributed by atoms with van der Waals surface area (Å²) in [7, 11) is -3.73. The number of carboxylic acids is 1. The van der Waals surface area contributed by atoms with Crippen LogP contribution in [0.2, 0.25) is 0 Å². The van der Waals surface area contributed by atoms with Gasteiger partial charge in [-0.05, 0) is 24.1 Å². The summed E-state index contributed by atoms with van der Waals surface area (Å²) < 4.78 is 26.4. The summed E-state index contributed by atoms with van der Waals surface area (Å²) in [6, 6.07) is 11.9. The molecule has 0 amide bonds. The minimum Gasteiger partial charge on any atom is -0.478 e. The Morgan fingerprint density at radius 2 is 1.86 bits per heavy atom. The van der Waals surface area contributed by atoms with Crippen LogP contribution in [0.4, 0.5) is 0 Å². The number of pyridine rings is 1. The second-order valence-corrected chi connectivity index (χ2v) is 6.04. The van der Waals surface area contributed by atoms with Gasteiger partial charge in [0.15, 0.2) is 5.03 Å². The molecule has 1 aromatic carbocycles. The fourth-order valence-corrected chi connectivity index (χ4v) is 2.67. The SMILES string of the molecule is O=C(O)c1ccc(S(=O)(=O)NCCc2ccccc2)nc1. The van der Waals surface area contributed by atoms with Crippen molar-refractivity contribution in [3.63, 3.8) is 0 Å². The predicted molar refractivity (Wildman–Crippen MR) is 76.5 cm³/mol. The Hall–Kier alpha value is -2.25. The highest BCUT2D eigenvalue weighted by atomic mass is 32.2. The van der Waals surface area contributed by atoms with Gasteiger partial charge in [-0.1, -0.05) is 30.3 Å². The standard InChI is InChI=1S/C14H14N2O4S/c17-14(18)12-6-7-13(15-10-12)21(19,20)16-9-8-11-4-2-1-3-5-11/h1-7,10,16H,8-9H2,(H,17,18). The third-order valence-corrected chi connectivity index (χ3v) is 4.18. The first-order valence-electron chi connectivity index (χ1n) is 6.22. The summed E-state index contributed by atoms with van der Waals surface area (Å²) in [5.74, 6) is -1.15. The molecule has 0 saturated carbocycles. The Morgan fingerprint density at radius 1 is 1.14 bits per heavy atom. The summed E-state index contributed by atoms with van der Waals surface area (Å²) in [6.07, 6.45) is 1.58. The van der Waals surface area contributed by atoms with E-state index in [0.29, 0.717) is 6.42 Å². The molecular weight excluding hydrogens is 292 g/mol. The first-order chi connectivity index (χ1) is 9.99. The molecule has 0 bridgehead atoms.